The summed E-state index contributed by atoms with van der Waals surface area (Å²) in [4.78, 5) is 10.2. The first-order valence-electron chi connectivity index (χ1n) is 10.0. The van der Waals surface area contributed by atoms with Gasteiger partial charge in [-0.15, -0.1) is 0 Å². The van der Waals surface area contributed by atoms with E-state index in [1.807, 2.05) is 6.07 Å². The van der Waals surface area contributed by atoms with Crippen LogP contribution in [0.2, 0.25) is 0 Å². The third-order valence-electron chi connectivity index (χ3n) is 5.25. The molecule has 0 aliphatic heterocycles. The van der Waals surface area contributed by atoms with E-state index in [-0.39, 0.29) is 0 Å². The van der Waals surface area contributed by atoms with E-state index in [0.29, 0.717) is 11.8 Å². The number of hydrogen-bond acceptors (Lipinski definition) is 2. The van der Waals surface area contributed by atoms with Crippen molar-refractivity contribution in [1.82, 2.24) is 9.97 Å². The van der Waals surface area contributed by atoms with Gasteiger partial charge in [-0.05, 0) is 29.0 Å². The molecule has 1 aromatic heterocycles. The fourth-order valence-corrected chi connectivity index (χ4v) is 3.59. The predicted molar refractivity (Wildman–Crippen MR) is 119 cm³/mol. The Morgan fingerprint density at radius 3 is 1.86 bits per heavy atom. The lowest BCUT2D eigenvalue weighted by atomic mass is 9.97. The summed E-state index contributed by atoms with van der Waals surface area (Å²) in [6.45, 7) is 8.84. The van der Waals surface area contributed by atoms with Crippen molar-refractivity contribution in [2.45, 2.75) is 39.5 Å². The van der Waals surface area contributed by atoms with Gasteiger partial charge in [-0.25, -0.2) is 9.97 Å². The second-order valence-corrected chi connectivity index (χ2v) is 7.93. The molecule has 0 aliphatic rings. The van der Waals surface area contributed by atoms with E-state index in [2.05, 4.69) is 94.4 Å². The van der Waals surface area contributed by atoms with Gasteiger partial charge in [0.25, 0.3) is 0 Å². The third-order valence-corrected chi connectivity index (χ3v) is 5.25. The smallest absolute Gasteiger partial charge is 0.0973 e. The highest BCUT2D eigenvalue weighted by atomic mass is 14.8. The monoisotopic (exact) mass is 366 g/mol. The van der Waals surface area contributed by atoms with Crippen molar-refractivity contribution in [3.05, 3.63) is 83.9 Å². The van der Waals surface area contributed by atoms with Gasteiger partial charge in [-0.3, -0.25) is 0 Å². The molecule has 140 valence electrons. The normalized spacial score (nSPS) is 11.5. The van der Waals surface area contributed by atoms with E-state index in [0.717, 1.165) is 33.5 Å². The van der Waals surface area contributed by atoms with E-state index in [9.17, 15) is 0 Å². The average molecular weight is 367 g/mol. The molecule has 0 fully saturated rings. The summed E-state index contributed by atoms with van der Waals surface area (Å²) in [5.41, 5.74) is 8.61. The van der Waals surface area contributed by atoms with Crippen molar-refractivity contribution in [3.63, 3.8) is 0 Å². The minimum atomic E-state index is 0.401. The Hall–Kier alpha value is -3.00. The fourth-order valence-electron chi connectivity index (χ4n) is 3.59. The lowest BCUT2D eigenvalue weighted by molar-refractivity contribution is 0.867. The van der Waals surface area contributed by atoms with Crippen LogP contribution in [0.3, 0.4) is 0 Å². The van der Waals surface area contributed by atoms with E-state index in [1.54, 1.807) is 0 Å². The molecule has 2 nitrogen and oxygen atoms in total. The van der Waals surface area contributed by atoms with Gasteiger partial charge in [0, 0.05) is 11.1 Å². The number of fused-ring (bicyclic) bond motifs is 1. The second-order valence-electron chi connectivity index (χ2n) is 7.93. The van der Waals surface area contributed by atoms with E-state index >= 15 is 0 Å². The Morgan fingerprint density at radius 2 is 1.21 bits per heavy atom. The van der Waals surface area contributed by atoms with E-state index in [4.69, 9.17) is 9.97 Å². The van der Waals surface area contributed by atoms with Crippen molar-refractivity contribution in [3.8, 4) is 22.5 Å². The summed E-state index contributed by atoms with van der Waals surface area (Å²) in [6.07, 6.45) is 0. The van der Waals surface area contributed by atoms with Gasteiger partial charge in [0.1, 0.15) is 0 Å². The predicted octanol–water partition coefficient (Wildman–Crippen LogP) is 7.21. The Balaban J connectivity index is 1.98. The summed E-state index contributed by atoms with van der Waals surface area (Å²) in [7, 11) is 0. The lowest BCUT2D eigenvalue weighted by Gasteiger charge is -2.14. The minimum Gasteiger partial charge on any atom is -0.244 e. The highest BCUT2D eigenvalue weighted by Gasteiger charge is 2.16. The van der Waals surface area contributed by atoms with Crippen molar-refractivity contribution in [2.24, 2.45) is 0 Å². The Morgan fingerprint density at radius 1 is 0.571 bits per heavy atom. The first-order valence-corrected chi connectivity index (χ1v) is 10.0. The van der Waals surface area contributed by atoms with Crippen LogP contribution >= 0.6 is 0 Å². The molecule has 0 bridgehead atoms. The largest absolute Gasteiger partial charge is 0.244 e. The van der Waals surface area contributed by atoms with Gasteiger partial charge in [0.2, 0.25) is 0 Å². The van der Waals surface area contributed by atoms with Crippen LogP contribution in [0.25, 0.3) is 33.5 Å². The number of aromatic nitrogens is 2. The molecule has 2 heteroatoms. The fraction of sp³-hybridized carbons (Fsp3) is 0.231. The van der Waals surface area contributed by atoms with Crippen LogP contribution in [0, 0.1) is 0 Å². The third kappa shape index (κ3) is 3.43. The molecule has 0 spiro atoms. The number of nitrogens with zero attached hydrogens (tertiary/aromatic N) is 2. The molecule has 0 atom stereocenters. The zero-order chi connectivity index (χ0) is 19.7. The summed E-state index contributed by atoms with van der Waals surface area (Å²) in [5, 5.41) is 0. The van der Waals surface area contributed by atoms with Gasteiger partial charge < -0.3 is 0 Å². The number of para-hydroxylation sites is 1. The summed E-state index contributed by atoms with van der Waals surface area (Å²) in [6, 6.07) is 25.4. The molecule has 0 radical (unpaired) electrons. The van der Waals surface area contributed by atoms with Crippen molar-refractivity contribution >= 4 is 11.0 Å². The maximum Gasteiger partial charge on any atom is 0.0973 e. The summed E-state index contributed by atoms with van der Waals surface area (Å²) >= 11 is 0. The second kappa shape index (κ2) is 7.55. The SMILES string of the molecule is CC(C)c1ccc(-c2nc3cccc(C(C)C)c3nc2-c2ccccc2)cc1. The van der Waals surface area contributed by atoms with Crippen molar-refractivity contribution in [1.29, 1.82) is 0 Å². The molecule has 1 heterocycles. The molecule has 4 rings (SSSR count). The maximum absolute atomic E-state index is 5.14. The standard InChI is InChI=1S/C26H26N2/c1-17(2)19-13-15-21(16-14-19)24-25(20-9-6-5-7-10-20)28-26-22(18(3)4)11-8-12-23(26)27-24/h5-18H,1-4H3. The molecule has 0 unspecified atom stereocenters. The Labute approximate surface area is 167 Å². The highest BCUT2D eigenvalue weighted by Crippen LogP contribution is 2.33. The van der Waals surface area contributed by atoms with Gasteiger partial charge in [0.15, 0.2) is 0 Å². The van der Waals surface area contributed by atoms with Crippen molar-refractivity contribution < 1.29 is 0 Å². The number of rotatable bonds is 4. The first kappa shape index (κ1) is 18.4. The molecule has 0 amide bonds. The molecular formula is C26H26N2. The van der Waals surface area contributed by atoms with Crippen LogP contribution in [0.5, 0.6) is 0 Å². The topological polar surface area (TPSA) is 25.8 Å². The molecule has 3 aromatic carbocycles. The summed E-state index contributed by atoms with van der Waals surface area (Å²) < 4.78 is 0. The van der Waals surface area contributed by atoms with E-state index < -0.39 is 0 Å². The van der Waals surface area contributed by atoms with Crippen LogP contribution in [0.1, 0.15) is 50.7 Å². The number of hydrogen-bond donors (Lipinski definition) is 0. The quantitative estimate of drug-likeness (QED) is 0.381. The minimum absolute atomic E-state index is 0.401. The molecule has 0 N–H and O–H groups in total. The van der Waals surface area contributed by atoms with Gasteiger partial charge >= 0.3 is 0 Å². The van der Waals surface area contributed by atoms with Crippen LogP contribution in [0.15, 0.2) is 72.8 Å². The van der Waals surface area contributed by atoms with Crippen LogP contribution in [-0.4, -0.2) is 9.97 Å². The zero-order valence-electron chi connectivity index (χ0n) is 17.0. The average Bonchev–Trinajstić information content (AvgIpc) is 2.73. The van der Waals surface area contributed by atoms with Gasteiger partial charge in [-0.1, -0.05) is 94.4 Å². The first-order chi connectivity index (χ1) is 13.5. The van der Waals surface area contributed by atoms with Gasteiger partial charge in [0.05, 0.1) is 22.4 Å². The van der Waals surface area contributed by atoms with E-state index in [1.165, 1.54) is 11.1 Å². The molecule has 0 saturated heterocycles. The van der Waals surface area contributed by atoms with Crippen LogP contribution in [-0.2, 0) is 0 Å². The highest BCUT2D eigenvalue weighted by molar-refractivity contribution is 5.88. The molecular weight excluding hydrogens is 340 g/mol. The van der Waals surface area contributed by atoms with Crippen molar-refractivity contribution in [2.75, 3.05) is 0 Å². The molecule has 28 heavy (non-hydrogen) atoms. The molecule has 0 aliphatic carbocycles. The molecule has 0 saturated carbocycles. The van der Waals surface area contributed by atoms with Crippen LogP contribution in [0.4, 0.5) is 0 Å². The summed E-state index contributed by atoms with van der Waals surface area (Å²) in [5.74, 6) is 0.914. The Kier molecular flexibility index (Phi) is 4.95. The Bertz CT molecular complexity index is 1090. The number of benzene rings is 3. The van der Waals surface area contributed by atoms with Gasteiger partial charge in [-0.2, -0.15) is 0 Å². The maximum atomic E-state index is 5.14. The zero-order valence-corrected chi connectivity index (χ0v) is 17.0. The molecule has 4 aromatic rings. The lowest BCUT2D eigenvalue weighted by Crippen LogP contribution is -1.99. The van der Waals surface area contributed by atoms with Crippen LogP contribution < -0.4 is 0 Å².